The lowest BCUT2D eigenvalue weighted by Gasteiger charge is -2.34. The van der Waals surface area contributed by atoms with Gasteiger partial charge in [0.25, 0.3) is 5.91 Å². The molecule has 0 aliphatic carbocycles. The summed E-state index contributed by atoms with van der Waals surface area (Å²) in [5.74, 6) is 1.16. The van der Waals surface area contributed by atoms with Gasteiger partial charge in [-0.3, -0.25) is 4.79 Å². The number of nitrogens with zero attached hydrogens (tertiary/aromatic N) is 1. The van der Waals surface area contributed by atoms with Crippen LogP contribution in [-0.4, -0.2) is 36.7 Å². The Kier molecular flexibility index (Phi) is 6.19. The van der Waals surface area contributed by atoms with E-state index in [2.05, 4.69) is 29.5 Å². The number of pyridine rings is 1. The van der Waals surface area contributed by atoms with Gasteiger partial charge in [0.2, 0.25) is 0 Å². The zero-order valence-corrected chi connectivity index (χ0v) is 13.8. The summed E-state index contributed by atoms with van der Waals surface area (Å²) in [6, 6.07) is 3.89. The molecule has 1 aromatic rings. The molecule has 0 radical (unpaired) electrons. The maximum Gasteiger partial charge on any atom is 0.254 e. The molecule has 0 aromatic carbocycles. The van der Waals surface area contributed by atoms with Crippen LogP contribution >= 0.6 is 0 Å². The highest BCUT2D eigenvalue weighted by molar-refractivity contribution is 5.98. The van der Waals surface area contributed by atoms with Gasteiger partial charge in [-0.15, -0.1) is 0 Å². The van der Waals surface area contributed by atoms with Gasteiger partial charge in [0.15, 0.2) is 0 Å². The molecule has 2 N–H and O–H groups in total. The average Bonchev–Trinajstić information content (AvgIpc) is 2.56. The lowest BCUT2D eigenvalue weighted by Crippen LogP contribution is -2.38. The van der Waals surface area contributed by atoms with Gasteiger partial charge in [-0.1, -0.05) is 26.7 Å². The molecule has 2 atom stereocenters. The van der Waals surface area contributed by atoms with E-state index >= 15 is 0 Å². The monoisotopic (exact) mass is 305 g/mol. The van der Waals surface area contributed by atoms with Gasteiger partial charge in [-0.05, 0) is 30.9 Å². The molecule has 5 nitrogen and oxygen atoms in total. The van der Waals surface area contributed by atoms with Crippen molar-refractivity contribution in [3.8, 4) is 0 Å². The number of carbonyl (C=O) groups is 1. The van der Waals surface area contributed by atoms with Crippen LogP contribution in [-0.2, 0) is 4.74 Å². The quantitative estimate of drug-likeness (QED) is 0.848. The van der Waals surface area contributed by atoms with E-state index in [1.807, 2.05) is 0 Å². The molecule has 1 saturated heterocycles. The van der Waals surface area contributed by atoms with Crippen molar-refractivity contribution in [2.24, 2.45) is 5.92 Å². The maximum absolute atomic E-state index is 11.9. The molecular weight excluding hydrogens is 278 g/mol. The van der Waals surface area contributed by atoms with Gasteiger partial charge < -0.3 is 15.4 Å². The highest BCUT2D eigenvalue weighted by Crippen LogP contribution is 2.27. The van der Waals surface area contributed by atoms with E-state index in [-0.39, 0.29) is 5.91 Å². The lowest BCUT2D eigenvalue weighted by molar-refractivity contribution is -0.0271. The zero-order chi connectivity index (χ0) is 15.9. The average molecular weight is 305 g/mol. The first-order chi connectivity index (χ1) is 10.7. The van der Waals surface area contributed by atoms with Crippen molar-refractivity contribution in [1.82, 2.24) is 10.3 Å². The van der Waals surface area contributed by atoms with Crippen molar-refractivity contribution in [2.45, 2.75) is 51.7 Å². The molecule has 1 aliphatic heterocycles. The number of anilines is 1. The Hall–Kier alpha value is -1.62. The van der Waals surface area contributed by atoms with E-state index in [0.717, 1.165) is 32.3 Å². The molecular formula is C17H27N3O2. The minimum absolute atomic E-state index is 0.112. The van der Waals surface area contributed by atoms with Crippen molar-refractivity contribution in [3.63, 3.8) is 0 Å². The van der Waals surface area contributed by atoms with Crippen LogP contribution in [0.5, 0.6) is 0 Å². The van der Waals surface area contributed by atoms with Gasteiger partial charge in [0.05, 0.1) is 11.7 Å². The highest BCUT2D eigenvalue weighted by Gasteiger charge is 2.28. The summed E-state index contributed by atoms with van der Waals surface area (Å²) in [6.45, 7) is 5.20. The summed E-state index contributed by atoms with van der Waals surface area (Å²) in [5.41, 5.74) is 0.593. The van der Waals surface area contributed by atoms with E-state index in [0.29, 0.717) is 29.4 Å². The van der Waals surface area contributed by atoms with Crippen LogP contribution in [0.2, 0.25) is 0 Å². The molecule has 0 saturated carbocycles. The number of amides is 1. The summed E-state index contributed by atoms with van der Waals surface area (Å²) in [7, 11) is 1.64. The van der Waals surface area contributed by atoms with E-state index in [1.54, 1.807) is 25.4 Å². The van der Waals surface area contributed by atoms with E-state index < -0.39 is 0 Å². The molecule has 1 aromatic heterocycles. The third kappa shape index (κ3) is 3.97. The fourth-order valence-corrected chi connectivity index (χ4v) is 3.13. The van der Waals surface area contributed by atoms with Crippen LogP contribution in [0.25, 0.3) is 0 Å². The predicted molar refractivity (Wildman–Crippen MR) is 88.1 cm³/mol. The molecule has 122 valence electrons. The Balaban J connectivity index is 2.06. The Morgan fingerprint density at radius 1 is 1.45 bits per heavy atom. The number of hydrogen-bond acceptors (Lipinski definition) is 4. The highest BCUT2D eigenvalue weighted by atomic mass is 16.5. The molecule has 1 fully saturated rings. The molecule has 0 spiro atoms. The van der Waals surface area contributed by atoms with Gasteiger partial charge in [-0.2, -0.15) is 0 Å². The van der Waals surface area contributed by atoms with Crippen molar-refractivity contribution < 1.29 is 9.53 Å². The van der Waals surface area contributed by atoms with Crippen LogP contribution in [0.4, 0.5) is 5.82 Å². The second-order valence-corrected chi connectivity index (χ2v) is 5.83. The van der Waals surface area contributed by atoms with Crippen LogP contribution in [0.1, 0.15) is 49.9 Å². The van der Waals surface area contributed by atoms with Crippen LogP contribution in [0.15, 0.2) is 18.3 Å². The molecule has 1 aliphatic rings. The van der Waals surface area contributed by atoms with Crippen molar-refractivity contribution >= 4 is 11.7 Å². The summed E-state index contributed by atoms with van der Waals surface area (Å²) in [5, 5.41) is 6.11. The normalized spacial score (nSPS) is 21.6. The Morgan fingerprint density at radius 2 is 2.23 bits per heavy atom. The summed E-state index contributed by atoms with van der Waals surface area (Å²) in [4.78, 5) is 16.3. The number of ether oxygens (including phenoxy) is 1. The third-order valence-corrected chi connectivity index (χ3v) is 4.51. The predicted octanol–water partition coefficient (Wildman–Crippen LogP) is 2.84. The molecule has 2 heterocycles. The Morgan fingerprint density at radius 3 is 2.91 bits per heavy atom. The number of hydrogen-bond donors (Lipinski definition) is 2. The van der Waals surface area contributed by atoms with E-state index in [9.17, 15) is 4.79 Å². The second-order valence-electron chi connectivity index (χ2n) is 5.83. The minimum atomic E-state index is -0.112. The Labute approximate surface area is 132 Å². The molecule has 5 heteroatoms. The molecule has 0 bridgehead atoms. The zero-order valence-electron chi connectivity index (χ0n) is 13.8. The summed E-state index contributed by atoms with van der Waals surface area (Å²) < 4.78 is 5.95. The van der Waals surface area contributed by atoms with Gasteiger partial charge in [0, 0.05) is 25.9 Å². The van der Waals surface area contributed by atoms with Gasteiger partial charge in [0.1, 0.15) is 5.82 Å². The number of rotatable bonds is 6. The van der Waals surface area contributed by atoms with Crippen LogP contribution in [0.3, 0.4) is 0 Å². The first kappa shape index (κ1) is 16.7. The SMILES string of the molecule is CCC(CC)C1CC(Nc2ncccc2C(=O)NC)CCO1. The van der Waals surface area contributed by atoms with Crippen LogP contribution in [0, 0.1) is 5.92 Å². The number of carbonyl (C=O) groups excluding carboxylic acids is 1. The smallest absolute Gasteiger partial charge is 0.254 e. The maximum atomic E-state index is 11.9. The third-order valence-electron chi connectivity index (χ3n) is 4.51. The lowest BCUT2D eigenvalue weighted by atomic mass is 9.89. The van der Waals surface area contributed by atoms with Crippen molar-refractivity contribution in [1.29, 1.82) is 0 Å². The van der Waals surface area contributed by atoms with E-state index in [1.165, 1.54) is 0 Å². The second kappa shape index (κ2) is 8.13. The molecule has 2 unspecified atom stereocenters. The molecule has 2 rings (SSSR count). The summed E-state index contributed by atoms with van der Waals surface area (Å²) in [6.07, 6.45) is 6.21. The fraction of sp³-hybridized carbons (Fsp3) is 0.647. The fourth-order valence-electron chi connectivity index (χ4n) is 3.13. The first-order valence-electron chi connectivity index (χ1n) is 8.24. The first-order valence-corrected chi connectivity index (χ1v) is 8.24. The summed E-state index contributed by atoms with van der Waals surface area (Å²) >= 11 is 0. The van der Waals surface area contributed by atoms with Gasteiger partial charge >= 0.3 is 0 Å². The van der Waals surface area contributed by atoms with Gasteiger partial charge in [-0.25, -0.2) is 4.98 Å². The number of nitrogens with one attached hydrogen (secondary N) is 2. The standard InChI is InChI=1S/C17H27N3O2/c1-4-12(5-2)15-11-13(8-10-22-15)20-16-14(17(21)18-3)7-6-9-19-16/h6-7,9,12-13,15H,4-5,8,10-11H2,1-3H3,(H,18,21)(H,19,20). The number of aromatic nitrogens is 1. The molecule has 1 amide bonds. The topological polar surface area (TPSA) is 63.2 Å². The van der Waals surface area contributed by atoms with Crippen molar-refractivity contribution in [3.05, 3.63) is 23.9 Å². The molecule has 22 heavy (non-hydrogen) atoms. The van der Waals surface area contributed by atoms with Crippen LogP contribution < -0.4 is 10.6 Å². The largest absolute Gasteiger partial charge is 0.378 e. The Bertz CT molecular complexity index is 489. The van der Waals surface area contributed by atoms with Crippen molar-refractivity contribution in [2.75, 3.05) is 19.0 Å². The minimum Gasteiger partial charge on any atom is -0.378 e. The van der Waals surface area contributed by atoms with E-state index in [4.69, 9.17) is 4.74 Å².